The number of carbonyl (C=O) groups excluding carboxylic acids is 2. The second-order valence-corrected chi connectivity index (χ2v) is 3.17. The van der Waals surface area contributed by atoms with E-state index in [-0.39, 0.29) is 22.7 Å². The minimum absolute atomic E-state index is 0.0268. The molecule has 0 saturated carbocycles. The van der Waals surface area contributed by atoms with Crippen LogP contribution in [-0.2, 0) is 4.79 Å². The lowest BCUT2D eigenvalue weighted by atomic mass is 10.1. The second-order valence-electron chi connectivity index (χ2n) is 3.17. The fourth-order valence-electron chi connectivity index (χ4n) is 1.18. The van der Waals surface area contributed by atoms with E-state index in [2.05, 4.69) is 0 Å². The van der Waals surface area contributed by atoms with E-state index in [1.165, 1.54) is 32.0 Å². The van der Waals surface area contributed by atoms with Crippen LogP contribution in [0.1, 0.15) is 34.6 Å². The predicted octanol–water partition coefficient (Wildman–Crippen LogP) is 1.51. The number of carboxylic acid groups (broad SMARTS) is 1. The predicted molar refractivity (Wildman–Crippen MR) is 54.7 cm³/mol. The van der Waals surface area contributed by atoms with Crippen molar-refractivity contribution >= 4 is 17.7 Å². The summed E-state index contributed by atoms with van der Waals surface area (Å²) in [4.78, 5) is 32.7. The minimum Gasteiger partial charge on any atom is -0.478 e. The molecule has 0 fully saturated rings. The van der Waals surface area contributed by atoms with Crippen LogP contribution in [0.25, 0.3) is 0 Å². The highest BCUT2D eigenvalue weighted by Gasteiger charge is 2.13. The van der Waals surface area contributed by atoms with Crippen molar-refractivity contribution in [1.82, 2.24) is 0 Å². The molecule has 0 aliphatic rings. The Balaban J connectivity index is 3.24. The number of hydrogen-bond donors (Lipinski definition) is 1. The fourth-order valence-corrected chi connectivity index (χ4v) is 1.18. The summed E-state index contributed by atoms with van der Waals surface area (Å²) in [5.41, 5.74) is 0.0520. The zero-order chi connectivity index (χ0) is 12.3. The van der Waals surface area contributed by atoms with Gasteiger partial charge in [0.15, 0.2) is 5.78 Å². The Morgan fingerprint density at radius 1 is 1.19 bits per heavy atom. The molecule has 1 aromatic carbocycles. The fraction of sp³-hybridized carbons (Fsp3) is 0.182. The van der Waals surface area contributed by atoms with Gasteiger partial charge in [0.05, 0.1) is 11.1 Å². The number of aromatic carboxylic acids is 1. The second kappa shape index (κ2) is 4.57. The maximum absolute atomic E-state index is 11.2. The number of carboxylic acids is 1. The van der Waals surface area contributed by atoms with Crippen molar-refractivity contribution in [2.45, 2.75) is 13.8 Å². The van der Waals surface area contributed by atoms with E-state index in [4.69, 9.17) is 9.84 Å². The van der Waals surface area contributed by atoms with Crippen LogP contribution in [0.5, 0.6) is 5.75 Å². The molecule has 5 nitrogen and oxygen atoms in total. The molecule has 0 amide bonds. The van der Waals surface area contributed by atoms with Gasteiger partial charge in [0.1, 0.15) is 5.75 Å². The first-order valence-corrected chi connectivity index (χ1v) is 4.48. The number of carbonyl (C=O) groups is 3. The molecule has 0 unspecified atom stereocenters. The van der Waals surface area contributed by atoms with Crippen LogP contribution in [0.15, 0.2) is 18.2 Å². The van der Waals surface area contributed by atoms with Crippen LogP contribution in [0.3, 0.4) is 0 Å². The van der Waals surface area contributed by atoms with E-state index < -0.39 is 11.9 Å². The van der Waals surface area contributed by atoms with Crippen LogP contribution in [0, 0.1) is 0 Å². The van der Waals surface area contributed by atoms with Gasteiger partial charge in [-0.1, -0.05) is 0 Å². The summed E-state index contributed by atoms with van der Waals surface area (Å²) < 4.78 is 4.79. The Labute approximate surface area is 91.6 Å². The summed E-state index contributed by atoms with van der Waals surface area (Å²) in [6, 6.07) is 3.75. The van der Waals surface area contributed by atoms with Gasteiger partial charge in [-0.3, -0.25) is 9.59 Å². The monoisotopic (exact) mass is 222 g/mol. The van der Waals surface area contributed by atoms with E-state index in [1.54, 1.807) is 0 Å². The average molecular weight is 222 g/mol. The standard InChI is InChI=1S/C11H10O5/c1-6(12)9-5-8(11(14)15)3-4-10(9)16-7(2)13/h3-5H,1-2H3,(H,14,15). The molecular formula is C11H10O5. The van der Waals surface area contributed by atoms with Crippen LogP contribution >= 0.6 is 0 Å². The Bertz CT molecular complexity index is 461. The molecule has 0 radical (unpaired) electrons. The van der Waals surface area contributed by atoms with E-state index in [0.29, 0.717) is 0 Å². The van der Waals surface area contributed by atoms with Crippen LogP contribution in [-0.4, -0.2) is 22.8 Å². The molecular weight excluding hydrogens is 212 g/mol. The molecule has 0 heterocycles. The van der Waals surface area contributed by atoms with Gasteiger partial charge < -0.3 is 9.84 Å². The lowest BCUT2D eigenvalue weighted by molar-refractivity contribution is -0.131. The van der Waals surface area contributed by atoms with Gasteiger partial charge in [-0.15, -0.1) is 0 Å². The largest absolute Gasteiger partial charge is 0.478 e. The van der Waals surface area contributed by atoms with Gasteiger partial charge in [-0.2, -0.15) is 0 Å². The van der Waals surface area contributed by atoms with Crippen molar-refractivity contribution in [2.24, 2.45) is 0 Å². The Morgan fingerprint density at radius 2 is 1.81 bits per heavy atom. The zero-order valence-electron chi connectivity index (χ0n) is 8.81. The number of esters is 1. The van der Waals surface area contributed by atoms with Crippen molar-refractivity contribution in [3.63, 3.8) is 0 Å². The lowest BCUT2D eigenvalue weighted by Crippen LogP contribution is -2.08. The number of ketones is 1. The molecule has 0 saturated heterocycles. The molecule has 0 aliphatic heterocycles. The molecule has 5 heteroatoms. The van der Waals surface area contributed by atoms with Crippen LogP contribution in [0.4, 0.5) is 0 Å². The summed E-state index contributed by atoms with van der Waals surface area (Å²) in [5.74, 6) is -1.99. The van der Waals surface area contributed by atoms with E-state index >= 15 is 0 Å². The lowest BCUT2D eigenvalue weighted by Gasteiger charge is -2.06. The number of Topliss-reactive ketones (excluding diaryl/α,β-unsaturated/α-hetero) is 1. The van der Waals surface area contributed by atoms with E-state index in [1.807, 2.05) is 0 Å². The van der Waals surface area contributed by atoms with Crippen LogP contribution < -0.4 is 4.74 Å². The van der Waals surface area contributed by atoms with E-state index in [0.717, 1.165) is 0 Å². The smallest absolute Gasteiger partial charge is 0.335 e. The molecule has 0 bridgehead atoms. The number of benzene rings is 1. The van der Waals surface area contributed by atoms with Crippen molar-refractivity contribution in [3.8, 4) is 5.75 Å². The van der Waals surface area contributed by atoms with Gasteiger partial charge in [-0.25, -0.2) is 4.79 Å². The summed E-state index contributed by atoms with van der Waals surface area (Å²) in [6.45, 7) is 2.48. The first-order valence-electron chi connectivity index (χ1n) is 4.48. The molecule has 0 spiro atoms. The van der Waals surface area contributed by atoms with Gasteiger partial charge in [-0.05, 0) is 25.1 Å². The highest BCUT2D eigenvalue weighted by Crippen LogP contribution is 2.21. The van der Waals surface area contributed by atoms with Gasteiger partial charge >= 0.3 is 11.9 Å². The normalized spacial score (nSPS) is 9.62. The molecule has 1 rings (SSSR count). The zero-order valence-corrected chi connectivity index (χ0v) is 8.81. The Kier molecular flexibility index (Phi) is 3.40. The molecule has 16 heavy (non-hydrogen) atoms. The van der Waals surface area contributed by atoms with Gasteiger partial charge in [0.25, 0.3) is 0 Å². The third-order valence-electron chi connectivity index (χ3n) is 1.86. The molecule has 0 atom stereocenters. The van der Waals surface area contributed by atoms with Gasteiger partial charge in [0, 0.05) is 6.92 Å². The summed E-state index contributed by atoms with van der Waals surface area (Å²) >= 11 is 0. The maximum atomic E-state index is 11.2. The topological polar surface area (TPSA) is 80.7 Å². The molecule has 0 aromatic heterocycles. The van der Waals surface area contributed by atoms with Crippen molar-refractivity contribution < 1.29 is 24.2 Å². The summed E-state index contributed by atoms with van der Waals surface area (Å²) in [5, 5.41) is 8.74. The minimum atomic E-state index is -1.14. The molecule has 1 N–H and O–H groups in total. The van der Waals surface area contributed by atoms with Gasteiger partial charge in [0.2, 0.25) is 0 Å². The summed E-state index contributed by atoms with van der Waals surface area (Å²) in [7, 11) is 0. The number of ether oxygens (including phenoxy) is 1. The van der Waals surface area contributed by atoms with Crippen molar-refractivity contribution in [3.05, 3.63) is 29.3 Å². The van der Waals surface area contributed by atoms with Crippen molar-refractivity contribution in [2.75, 3.05) is 0 Å². The van der Waals surface area contributed by atoms with E-state index in [9.17, 15) is 14.4 Å². The highest BCUT2D eigenvalue weighted by atomic mass is 16.5. The Morgan fingerprint density at radius 3 is 2.25 bits per heavy atom. The maximum Gasteiger partial charge on any atom is 0.335 e. The number of rotatable bonds is 3. The third kappa shape index (κ3) is 2.66. The first-order chi connectivity index (χ1) is 7.41. The molecule has 1 aromatic rings. The molecule has 0 aliphatic carbocycles. The highest BCUT2D eigenvalue weighted by molar-refractivity contribution is 6.00. The van der Waals surface area contributed by atoms with Crippen LogP contribution in [0.2, 0.25) is 0 Å². The average Bonchev–Trinajstić information content (AvgIpc) is 2.16. The Hall–Kier alpha value is -2.17. The number of hydrogen-bond acceptors (Lipinski definition) is 4. The SMILES string of the molecule is CC(=O)Oc1ccc(C(=O)O)cc1C(C)=O. The summed E-state index contributed by atoms with van der Waals surface area (Å²) in [6.07, 6.45) is 0. The van der Waals surface area contributed by atoms with Crippen molar-refractivity contribution in [1.29, 1.82) is 0 Å². The molecule has 84 valence electrons. The third-order valence-corrected chi connectivity index (χ3v) is 1.86. The quantitative estimate of drug-likeness (QED) is 0.476. The first kappa shape index (κ1) is 11.9.